The number of thiophene rings is 1. The molecule has 0 saturated carbocycles. The highest BCUT2D eigenvalue weighted by Gasteiger charge is 2.30. The number of ether oxygens (including phenoxy) is 1. The summed E-state index contributed by atoms with van der Waals surface area (Å²) in [6, 6.07) is 12.5. The van der Waals surface area contributed by atoms with Crippen molar-refractivity contribution in [2.24, 2.45) is 5.92 Å². The molecule has 4 rings (SSSR count). The van der Waals surface area contributed by atoms with Gasteiger partial charge in [0, 0.05) is 21.0 Å². The van der Waals surface area contributed by atoms with Crippen molar-refractivity contribution in [2.45, 2.75) is 50.2 Å². The Labute approximate surface area is 224 Å². The van der Waals surface area contributed by atoms with E-state index in [0.29, 0.717) is 27.7 Å². The van der Waals surface area contributed by atoms with Crippen molar-refractivity contribution in [2.75, 3.05) is 17.2 Å². The summed E-state index contributed by atoms with van der Waals surface area (Å²) in [6.45, 7) is 6.03. The van der Waals surface area contributed by atoms with Gasteiger partial charge in [0.05, 0.1) is 17.4 Å². The van der Waals surface area contributed by atoms with Crippen LogP contribution in [-0.2, 0) is 22.4 Å². The fourth-order valence-corrected chi connectivity index (χ4v) is 6.51. The zero-order valence-electron chi connectivity index (χ0n) is 20.9. The third kappa shape index (κ3) is 6.59. The molecular weight excluding hydrogens is 511 g/mol. The summed E-state index contributed by atoms with van der Waals surface area (Å²) >= 11 is 2.81. The van der Waals surface area contributed by atoms with E-state index in [1.165, 1.54) is 47.4 Å². The van der Waals surface area contributed by atoms with Gasteiger partial charge in [-0.1, -0.05) is 13.0 Å². The molecular formula is C28H29FN2O4S2. The lowest BCUT2D eigenvalue weighted by molar-refractivity contribution is -0.115. The van der Waals surface area contributed by atoms with Gasteiger partial charge in [0.25, 0.3) is 5.91 Å². The molecule has 6 nitrogen and oxygen atoms in total. The quantitative estimate of drug-likeness (QED) is 0.250. The molecule has 0 bridgehead atoms. The van der Waals surface area contributed by atoms with E-state index in [4.69, 9.17) is 4.74 Å². The summed E-state index contributed by atoms with van der Waals surface area (Å²) in [5.41, 5.74) is 2.40. The predicted octanol–water partition coefficient (Wildman–Crippen LogP) is 6.56. The smallest absolute Gasteiger partial charge is 0.341 e. The van der Waals surface area contributed by atoms with Crippen molar-refractivity contribution in [3.8, 4) is 0 Å². The number of fused-ring (bicyclic) bond motifs is 1. The first kappa shape index (κ1) is 26.9. The maximum atomic E-state index is 13.1. The Hall–Kier alpha value is -3.17. The third-order valence-electron chi connectivity index (χ3n) is 6.11. The summed E-state index contributed by atoms with van der Waals surface area (Å²) < 4.78 is 18.4. The van der Waals surface area contributed by atoms with Crippen LogP contribution in [0.5, 0.6) is 0 Å². The van der Waals surface area contributed by atoms with Gasteiger partial charge in [-0.15, -0.1) is 23.1 Å². The van der Waals surface area contributed by atoms with Crippen LogP contribution in [0.4, 0.5) is 15.1 Å². The Bertz CT molecular complexity index is 1310. The molecule has 2 unspecified atom stereocenters. The normalized spacial score (nSPS) is 15.4. The molecule has 3 aromatic rings. The van der Waals surface area contributed by atoms with Gasteiger partial charge in [0.15, 0.2) is 0 Å². The maximum Gasteiger partial charge on any atom is 0.341 e. The lowest BCUT2D eigenvalue weighted by Crippen LogP contribution is -2.23. The minimum Gasteiger partial charge on any atom is -0.462 e. The largest absolute Gasteiger partial charge is 0.462 e. The van der Waals surface area contributed by atoms with Gasteiger partial charge < -0.3 is 15.4 Å². The van der Waals surface area contributed by atoms with Crippen LogP contribution in [-0.4, -0.2) is 29.6 Å². The average molecular weight is 541 g/mol. The van der Waals surface area contributed by atoms with Crippen molar-refractivity contribution in [1.29, 1.82) is 0 Å². The van der Waals surface area contributed by atoms with E-state index in [1.54, 1.807) is 32.0 Å². The topological polar surface area (TPSA) is 84.5 Å². The zero-order valence-corrected chi connectivity index (χ0v) is 22.6. The van der Waals surface area contributed by atoms with Gasteiger partial charge in [0.2, 0.25) is 5.91 Å². The highest BCUT2D eigenvalue weighted by atomic mass is 32.2. The monoisotopic (exact) mass is 540 g/mol. The van der Waals surface area contributed by atoms with Crippen molar-refractivity contribution >= 4 is 51.6 Å². The number of halogens is 1. The highest BCUT2D eigenvalue weighted by molar-refractivity contribution is 8.00. The molecule has 0 spiro atoms. The molecule has 1 aliphatic carbocycles. The molecule has 2 N–H and O–H groups in total. The van der Waals surface area contributed by atoms with E-state index in [1.807, 2.05) is 6.07 Å². The number of benzene rings is 2. The van der Waals surface area contributed by atoms with Crippen LogP contribution in [0.15, 0.2) is 53.4 Å². The molecule has 37 heavy (non-hydrogen) atoms. The van der Waals surface area contributed by atoms with Crippen LogP contribution < -0.4 is 10.6 Å². The highest BCUT2D eigenvalue weighted by Crippen LogP contribution is 2.40. The molecule has 194 valence electrons. The van der Waals surface area contributed by atoms with E-state index in [2.05, 4.69) is 17.6 Å². The number of nitrogens with one attached hydrogen (secondary N) is 2. The number of thioether (sulfide) groups is 1. The number of anilines is 2. The lowest BCUT2D eigenvalue weighted by atomic mass is 9.88. The van der Waals surface area contributed by atoms with Crippen molar-refractivity contribution in [3.63, 3.8) is 0 Å². The number of hydrogen-bond donors (Lipinski definition) is 2. The summed E-state index contributed by atoms with van der Waals surface area (Å²) in [7, 11) is 0. The molecule has 1 heterocycles. The fourth-order valence-electron chi connectivity index (χ4n) is 4.18. The first-order chi connectivity index (χ1) is 17.7. The van der Waals surface area contributed by atoms with Crippen molar-refractivity contribution < 1.29 is 23.5 Å². The molecule has 1 aliphatic rings. The number of esters is 1. The third-order valence-corrected chi connectivity index (χ3v) is 8.37. The van der Waals surface area contributed by atoms with Crippen molar-refractivity contribution in [3.05, 3.63) is 75.9 Å². The van der Waals surface area contributed by atoms with Crippen LogP contribution in [0.25, 0.3) is 0 Å². The van der Waals surface area contributed by atoms with Gasteiger partial charge >= 0.3 is 5.97 Å². The standard InChI is InChI=1S/C28H29FN2O4S2/c1-4-35-28(34)24-22-13-8-16(2)14-23(22)37-27(24)31-25(32)17(3)36-21-7-5-6-20(15-21)30-26(33)18-9-11-19(29)12-10-18/h5-7,9-12,15-17H,4,8,13-14H2,1-3H3,(H,30,33)(H,31,32). The average Bonchev–Trinajstić information content (AvgIpc) is 3.21. The van der Waals surface area contributed by atoms with Crippen LogP contribution in [0, 0.1) is 11.7 Å². The van der Waals surface area contributed by atoms with Gasteiger partial charge in [-0.2, -0.15) is 0 Å². The predicted molar refractivity (Wildman–Crippen MR) is 146 cm³/mol. The molecule has 0 saturated heterocycles. The zero-order chi connectivity index (χ0) is 26.5. The van der Waals surface area contributed by atoms with Crippen LogP contribution >= 0.6 is 23.1 Å². The summed E-state index contributed by atoms with van der Waals surface area (Å²) in [5, 5.41) is 5.86. The second kappa shape index (κ2) is 11.9. The van der Waals surface area contributed by atoms with Gasteiger partial charge in [-0.25, -0.2) is 9.18 Å². The Kier molecular flexibility index (Phi) is 8.66. The SMILES string of the molecule is CCOC(=O)c1c(NC(=O)C(C)Sc2cccc(NC(=O)c3ccc(F)cc3)c2)sc2c1CCC(C)C2. The molecule has 2 amide bonds. The van der Waals surface area contributed by atoms with Gasteiger partial charge in [-0.05, 0) is 87.1 Å². The van der Waals surface area contributed by atoms with Crippen LogP contribution in [0.2, 0.25) is 0 Å². The van der Waals surface area contributed by atoms with Crippen LogP contribution in [0.3, 0.4) is 0 Å². The van der Waals surface area contributed by atoms with E-state index in [9.17, 15) is 18.8 Å². The second-order valence-corrected chi connectivity index (χ2v) is 11.5. The summed E-state index contributed by atoms with van der Waals surface area (Å²) in [4.78, 5) is 40.3. The maximum absolute atomic E-state index is 13.1. The first-order valence-corrected chi connectivity index (χ1v) is 13.9. The molecule has 0 radical (unpaired) electrons. The summed E-state index contributed by atoms with van der Waals surface area (Å²) in [5.74, 6) is -0.836. The number of rotatable bonds is 8. The van der Waals surface area contributed by atoms with Crippen molar-refractivity contribution in [1.82, 2.24) is 0 Å². The molecule has 0 fully saturated rings. The lowest BCUT2D eigenvalue weighted by Gasteiger charge is -2.18. The number of carbonyl (C=O) groups is 3. The van der Waals surface area contributed by atoms with Gasteiger partial charge in [-0.3, -0.25) is 9.59 Å². The second-order valence-electron chi connectivity index (χ2n) is 9.01. The Morgan fingerprint density at radius 2 is 1.92 bits per heavy atom. The Morgan fingerprint density at radius 3 is 2.65 bits per heavy atom. The number of amides is 2. The Morgan fingerprint density at radius 1 is 1.16 bits per heavy atom. The molecule has 2 aromatic carbocycles. The minimum atomic E-state index is -0.462. The van der Waals surface area contributed by atoms with E-state index < -0.39 is 17.0 Å². The first-order valence-electron chi connectivity index (χ1n) is 12.2. The van der Waals surface area contributed by atoms with Crippen LogP contribution in [0.1, 0.15) is 58.3 Å². The van der Waals surface area contributed by atoms with E-state index in [0.717, 1.165) is 34.6 Å². The molecule has 2 atom stereocenters. The Balaban J connectivity index is 1.44. The fraction of sp³-hybridized carbons (Fsp3) is 0.321. The van der Waals surface area contributed by atoms with E-state index >= 15 is 0 Å². The minimum absolute atomic E-state index is 0.219. The van der Waals surface area contributed by atoms with E-state index in [-0.39, 0.29) is 18.4 Å². The molecule has 1 aromatic heterocycles. The molecule has 9 heteroatoms. The number of hydrogen-bond acceptors (Lipinski definition) is 6. The summed E-state index contributed by atoms with van der Waals surface area (Å²) in [6.07, 6.45) is 2.70. The molecule has 0 aliphatic heterocycles. The van der Waals surface area contributed by atoms with Gasteiger partial charge in [0.1, 0.15) is 10.8 Å². The number of carbonyl (C=O) groups excluding carboxylic acids is 3.